The van der Waals surface area contributed by atoms with Gasteiger partial charge in [0.15, 0.2) is 0 Å². The van der Waals surface area contributed by atoms with Crippen LogP contribution in [0.5, 0.6) is 5.75 Å². The Morgan fingerprint density at radius 2 is 2.10 bits per heavy atom. The highest BCUT2D eigenvalue weighted by Crippen LogP contribution is 2.58. The summed E-state index contributed by atoms with van der Waals surface area (Å²) in [6.45, 7) is 6.04. The van der Waals surface area contributed by atoms with Gasteiger partial charge in [-0.15, -0.1) is 0 Å². The lowest BCUT2D eigenvalue weighted by Gasteiger charge is -2.65. The Labute approximate surface area is 180 Å². The van der Waals surface area contributed by atoms with E-state index >= 15 is 0 Å². The van der Waals surface area contributed by atoms with Crippen molar-refractivity contribution in [3.63, 3.8) is 0 Å². The van der Waals surface area contributed by atoms with Crippen molar-refractivity contribution in [1.82, 2.24) is 10.2 Å². The number of methoxy groups -OCH3 is 1. The van der Waals surface area contributed by atoms with E-state index in [1.165, 1.54) is 24.0 Å². The van der Waals surface area contributed by atoms with Gasteiger partial charge in [-0.05, 0) is 80.7 Å². The molecule has 164 valence electrons. The molecule has 1 aliphatic heterocycles. The number of hydrogen-bond acceptors (Lipinski definition) is 4. The van der Waals surface area contributed by atoms with Gasteiger partial charge >= 0.3 is 0 Å². The smallest absolute Gasteiger partial charge is 0.222 e. The Kier molecular flexibility index (Phi) is 4.90. The highest BCUT2D eigenvalue weighted by molar-refractivity contribution is 5.78. The van der Waals surface area contributed by atoms with Gasteiger partial charge in [0.25, 0.3) is 0 Å². The van der Waals surface area contributed by atoms with E-state index in [1.807, 2.05) is 13.8 Å². The molecule has 30 heavy (non-hydrogen) atoms. The molecule has 1 heterocycles. The first-order chi connectivity index (χ1) is 14.4. The molecule has 2 N–H and O–H groups in total. The van der Waals surface area contributed by atoms with Crippen LogP contribution in [0.25, 0.3) is 0 Å². The van der Waals surface area contributed by atoms with Crippen LogP contribution in [-0.2, 0) is 16.6 Å². The predicted octanol–water partition coefficient (Wildman–Crippen LogP) is 3.03. The molecule has 0 aromatic heterocycles. The maximum absolute atomic E-state index is 12.5. The van der Waals surface area contributed by atoms with E-state index in [0.717, 1.165) is 50.4 Å². The van der Waals surface area contributed by atoms with Gasteiger partial charge in [-0.3, -0.25) is 9.69 Å². The van der Waals surface area contributed by atoms with Crippen molar-refractivity contribution in [3.8, 4) is 5.75 Å². The van der Waals surface area contributed by atoms with Crippen molar-refractivity contribution in [1.29, 1.82) is 0 Å². The third-order valence-corrected chi connectivity index (χ3v) is 8.43. The number of nitrogens with zero attached hydrogens (tertiary/aromatic N) is 1. The number of amides is 1. The first-order valence-corrected chi connectivity index (χ1v) is 11.8. The second kappa shape index (κ2) is 7.23. The van der Waals surface area contributed by atoms with Crippen LogP contribution in [0.1, 0.15) is 63.5 Å². The van der Waals surface area contributed by atoms with Gasteiger partial charge in [-0.1, -0.05) is 19.9 Å². The standard InChI is InChI=1S/C25H36N2O3/c1-16(2)23(28)26-19-8-9-24-10-11-27(15-17-4-5-17)22(25(24,29)14-19)12-18-6-7-20(30-3)13-21(18)24/h6-7,13,16-17,19,22,29H,4-5,8-12,14-15H2,1-3H3,(H,26,28)/t19-,22+,24-,25+/m0/s1. The molecule has 4 aliphatic rings. The van der Waals surface area contributed by atoms with Crippen LogP contribution in [0.2, 0.25) is 0 Å². The van der Waals surface area contributed by atoms with Gasteiger partial charge in [-0.25, -0.2) is 0 Å². The number of fused-ring (bicyclic) bond motifs is 1. The number of hydrogen-bond donors (Lipinski definition) is 2. The summed E-state index contributed by atoms with van der Waals surface area (Å²) in [5.74, 6) is 1.74. The number of rotatable bonds is 5. The summed E-state index contributed by atoms with van der Waals surface area (Å²) in [5, 5.41) is 15.7. The summed E-state index contributed by atoms with van der Waals surface area (Å²) in [6.07, 6.45) is 7.01. The lowest BCUT2D eigenvalue weighted by atomic mass is 9.49. The van der Waals surface area contributed by atoms with Crippen molar-refractivity contribution >= 4 is 5.91 Å². The summed E-state index contributed by atoms with van der Waals surface area (Å²) in [4.78, 5) is 15.0. The Bertz CT molecular complexity index is 836. The Morgan fingerprint density at radius 3 is 2.80 bits per heavy atom. The average molecular weight is 413 g/mol. The number of carbonyl (C=O) groups excluding carboxylic acids is 1. The largest absolute Gasteiger partial charge is 0.497 e. The van der Waals surface area contributed by atoms with Crippen molar-refractivity contribution < 1.29 is 14.6 Å². The number of nitrogens with one attached hydrogen (secondary N) is 1. The summed E-state index contributed by atoms with van der Waals surface area (Å²) < 4.78 is 5.56. The summed E-state index contributed by atoms with van der Waals surface area (Å²) in [5.41, 5.74) is 1.61. The molecule has 2 saturated carbocycles. The fourth-order valence-electron chi connectivity index (χ4n) is 6.56. The van der Waals surface area contributed by atoms with E-state index < -0.39 is 5.60 Å². The molecular formula is C25H36N2O3. The molecule has 5 nitrogen and oxygen atoms in total. The minimum Gasteiger partial charge on any atom is -0.497 e. The first-order valence-electron chi connectivity index (χ1n) is 11.8. The molecule has 2 bridgehead atoms. The van der Waals surface area contributed by atoms with Gasteiger partial charge < -0.3 is 15.2 Å². The lowest BCUT2D eigenvalue weighted by molar-refractivity contribution is -0.172. The molecular weight excluding hydrogens is 376 g/mol. The van der Waals surface area contributed by atoms with Crippen LogP contribution in [0.15, 0.2) is 18.2 Å². The normalized spacial score (nSPS) is 35.5. The number of aliphatic hydroxyl groups is 1. The maximum atomic E-state index is 12.5. The first kappa shape index (κ1) is 20.3. The quantitative estimate of drug-likeness (QED) is 0.780. The highest BCUT2D eigenvalue weighted by atomic mass is 16.5. The van der Waals surface area contributed by atoms with Crippen LogP contribution < -0.4 is 10.1 Å². The lowest BCUT2D eigenvalue weighted by Crippen LogP contribution is -2.74. The van der Waals surface area contributed by atoms with Gasteiger partial charge in [0, 0.05) is 30.0 Å². The molecule has 1 amide bonds. The van der Waals surface area contributed by atoms with Gasteiger partial charge in [0.1, 0.15) is 5.75 Å². The average Bonchev–Trinajstić information content (AvgIpc) is 3.53. The van der Waals surface area contributed by atoms with Crippen molar-refractivity contribution in [2.75, 3.05) is 20.2 Å². The van der Waals surface area contributed by atoms with E-state index in [0.29, 0.717) is 6.42 Å². The fraction of sp³-hybridized carbons (Fsp3) is 0.720. The number of likely N-dealkylation sites (tertiary alicyclic amines) is 1. The minimum absolute atomic E-state index is 0.0299. The highest BCUT2D eigenvalue weighted by Gasteiger charge is 2.64. The monoisotopic (exact) mass is 412 g/mol. The molecule has 1 aromatic carbocycles. The summed E-state index contributed by atoms with van der Waals surface area (Å²) in [7, 11) is 1.72. The van der Waals surface area contributed by atoms with Crippen LogP contribution >= 0.6 is 0 Å². The molecule has 3 aliphatic carbocycles. The number of ether oxygens (including phenoxy) is 1. The molecule has 5 rings (SSSR count). The molecule has 1 saturated heterocycles. The van der Waals surface area contributed by atoms with E-state index in [9.17, 15) is 9.90 Å². The molecule has 4 atom stereocenters. The maximum Gasteiger partial charge on any atom is 0.222 e. The number of benzene rings is 1. The Hall–Kier alpha value is -1.59. The Balaban J connectivity index is 1.53. The van der Waals surface area contributed by atoms with Gasteiger partial charge in [0.2, 0.25) is 5.91 Å². The number of piperidine rings is 1. The predicted molar refractivity (Wildman–Crippen MR) is 117 cm³/mol. The molecule has 1 aromatic rings. The number of carbonyl (C=O) groups is 1. The minimum atomic E-state index is -0.813. The van der Waals surface area contributed by atoms with E-state index in [-0.39, 0.29) is 29.3 Å². The van der Waals surface area contributed by atoms with E-state index in [1.54, 1.807) is 7.11 Å². The molecule has 0 spiro atoms. The van der Waals surface area contributed by atoms with Crippen molar-refractivity contribution in [3.05, 3.63) is 29.3 Å². The summed E-state index contributed by atoms with van der Waals surface area (Å²) >= 11 is 0. The van der Waals surface area contributed by atoms with Crippen LogP contribution in [-0.4, -0.2) is 53.8 Å². The van der Waals surface area contributed by atoms with Crippen LogP contribution in [0, 0.1) is 11.8 Å². The third kappa shape index (κ3) is 3.08. The SMILES string of the molecule is COc1ccc2c(c1)[C@@]13CC[C@H](NC(=O)C(C)C)C[C@@]1(O)[C@@H](C2)N(CC1CC1)CC3. The van der Waals surface area contributed by atoms with Crippen molar-refractivity contribution in [2.45, 2.75) is 81.9 Å². The summed E-state index contributed by atoms with van der Waals surface area (Å²) in [6, 6.07) is 6.64. The second-order valence-corrected chi connectivity index (χ2v) is 10.5. The zero-order valence-corrected chi connectivity index (χ0v) is 18.6. The molecule has 3 fully saturated rings. The molecule has 0 radical (unpaired) electrons. The fourth-order valence-corrected chi connectivity index (χ4v) is 6.56. The van der Waals surface area contributed by atoms with Gasteiger partial charge in [0.05, 0.1) is 12.7 Å². The second-order valence-electron chi connectivity index (χ2n) is 10.5. The molecule has 0 unspecified atom stereocenters. The van der Waals surface area contributed by atoms with Crippen LogP contribution in [0.4, 0.5) is 0 Å². The zero-order valence-electron chi connectivity index (χ0n) is 18.6. The van der Waals surface area contributed by atoms with Crippen LogP contribution in [0.3, 0.4) is 0 Å². The molecule has 5 heteroatoms. The van der Waals surface area contributed by atoms with E-state index in [4.69, 9.17) is 4.74 Å². The third-order valence-electron chi connectivity index (χ3n) is 8.43. The van der Waals surface area contributed by atoms with E-state index in [2.05, 4.69) is 28.4 Å². The van der Waals surface area contributed by atoms with Crippen molar-refractivity contribution in [2.24, 2.45) is 11.8 Å². The Morgan fingerprint density at radius 1 is 1.30 bits per heavy atom. The van der Waals surface area contributed by atoms with Gasteiger partial charge in [-0.2, -0.15) is 0 Å². The zero-order chi connectivity index (χ0) is 21.1. The topological polar surface area (TPSA) is 61.8 Å².